The first-order valence-electron chi connectivity index (χ1n) is 5.26. The number of hydrazine groups is 1. The average Bonchev–Trinajstić information content (AvgIpc) is 2.77. The van der Waals surface area contributed by atoms with E-state index in [4.69, 9.17) is 5.84 Å². The number of nitrogens with one attached hydrogen (secondary N) is 1. The molecule has 2 aromatic rings. The zero-order valence-electron chi connectivity index (χ0n) is 9.84. The predicted octanol–water partition coefficient (Wildman–Crippen LogP) is 1.77. The van der Waals surface area contributed by atoms with Crippen molar-refractivity contribution in [1.82, 2.24) is 10.2 Å². The Morgan fingerprint density at radius 1 is 1.35 bits per heavy atom. The Labute approximate surface area is 104 Å². The summed E-state index contributed by atoms with van der Waals surface area (Å²) in [5.74, 6) is 5.27. The first kappa shape index (κ1) is 11.8. The predicted molar refractivity (Wildman–Crippen MR) is 71.0 cm³/mol. The molecule has 0 radical (unpaired) electrons. The van der Waals surface area contributed by atoms with E-state index in [9.17, 15) is 0 Å². The molecule has 1 aromatic heterocycles. The van der Waals surface area contributed by atoms with Crippen molar-refractivity contribution in [3.8, 4) is 0 Å². The molecule has 0 fully saturated rings. The Morgan fingerprint density at radius 3 is 2.76 bits per heavy atom. The van der Waals surface area contributed by atoms with E-state index < -0.39 is 0 Å². The highest BCUT2D eigenvalue weighted by molar-refractivity contribution is 7.15. The van der Waals surface area contributed by atoms with Crippen LogP contribution in [0.5, 0.6) is 0 Å². The number of benzene rings is 1. The van der Waals surface area contributed by atoms with Gasteiger partial charge in [-0.2, -0.15) is 0 Å². The Kier molecular flexibility index (Phi) is 3.55. The van der Waals surface area contributed by atoms with Gasteiger partial charge in [-0.15, -0.1) is 10.2 Å². The molecule has 0 bridgehead atoms. The molecule has 17 heavy (non-hydrogen) atoms. The number of hydrogen-bond donors (Lipinski definition) is 2. The summed E-state index contributed by atoms with van der Waals surface area (Å²) in [7, 11) is 2.04. The molecule has 2 rings (SSSR count). The molecule has 0 aliphatic carbocycles. The fourth-order valence-corrected chi connectivity index (χ4v) is 2.36. The lowest BCUT2D eigenvalue weighted by Crippen LogP contribution is -2.17. The fraction of sp³-hybridized carbons (Fsp3) is 0.273. The second-order valence-corrected chi connectivity index (χ2v) is 4.85. The minimum atomic E-state index is 0.637. The number of anilines is 2. The van der Waals surface area contributed by atoms with Gasteiger partial charge in [-0.05, 0) is 18.6 Å². The lowest BCUT2D eigenvalue weighted by atomic mass is 10.2. The Morgan fingerprint density at radius 2 is 2.12 bits per heavy atom. The molecule has 0 amide bonds. The smallest absolute Gasteiger partial charge is 0.219 e. The van der Waals surface area contributed by atoms with Gasteiger partial charge in [0.25, 0.3) is 0 Å². The first-order valence-corrected chi connectivity index (χ1v) is 6.08. The van der Waals surface area contributed by atoms with Crippen LogP contribution >= 0.6 is 11.3 Å². The van der Waals surface area contributed by atoms with Crippen LogP contribution in [-0.2, 0) is 6.54 Å². The largest absolute Gasteiger partial charge is 0.368 e. The standard InChI is InChI=1S/C11H15N5S/c1-8-5-3-4-6-9(8)16(2)7-10-14-15-11(13-12)17-10/h3-6H,7,12H2,1-2H3,(H,13,15). The Balaban J connectivity index is 2.11. The van der Waals surface area contributed by atoms with Gasteiger partial charge in [0.1, 0.15) is 5.01 Å². The highest BCUT2D eigenvalue weighted by atomic mass is 32.1. The van der Waals surface area contributed by atoms with E-state index in [-0.39, 0.29) is 0 Å². The van der Waals surface area contributed by atoms with Gasteiger partial charge in [0.15, 0.2) is 0 Å². The molecule has 3 N–H and O–H groups in total. The van der Waals surface area contributed by atoms with Crippen molar-refractivity contribution in [3.05, 3.63) is 34.8 Å². The molecule has 6 heteroatoms. The van der Waals surface area contributed by atoms with Crippen LogP contribution in [0.3, 0.4) is 0 Å². The van der Waals surface area contributed by atoms with Crippen LogP contribution in [0.15, 0.2) is 24.3 Å². The molecule has 0 unspecified atom stereocenters. The van der Waals surface area contributed by atoms with E-state index in [0.29, 0.717) is 5.13 Å². The summed E-state index contributed by atoms with van der Waals surface area (Å²) in [5.41, 5.74) is 4.94. The van der Waals surface area contributed by atoms with Gasteiger partial charge in [0.05, 0.1) is 6.54 Å². The van der Waals surface area contributed by atoms with Crippen molar-refractivity contribution in [2.24, 2.45) is 5.84 Å². The molecule has 1 aromatic carbocycles. The minimum Gasteiger partial charge on any atom is -0.368 e. The molecule has 90 valence electrons. The minimum absolute atomic E-state index is 0.637. The van der Waals surface area contributed by atoms with Crippen LogP contribution < -0.4 is 16.2 Å². The van der Waals surface area contributed by atoms with E-state index >= 15 is 0 Å². The van der Waals surface area contributed by atoms with E-state index in [2.05, 4.69) is 39.6 Å². The molecule has 5 nitrogen and oxygen atoms in total. The number of aryl methyl sites for hydroxylation is 1. The van der Waals surface area contributed by atoms with E-state index in [1.807, 2.05) is 19.2 Å². The summed E-state index contributed by atoms with van der Waals surface area (Å²) in [6, 6.07) is 8.26. The van der Waals surface area contributed by atoms with Gasteiger partial charge in [-0.3, -0.25) is 5.43 Å². The summed E-state index contributed by atoms with van der Waals surface area (Å²) in [6.07, 6.45) is 0. The van der Waals surface area contributed by atoms with Crippen LogP contribution in [0.2, 0.25) is 0 Å². The van der Waals surface area contributed by atoms with Crippen molar-refractivity contribution in [3.63, 3.8) is 0 Å². The Hall–Kier alpha value is -1.66. The topological polar surface area (TPSA) is 67.1 Å². The number of aromatic nitrogens is 2. The van der Waals surface area contributed by atoms with Crippen LogP contribution in [0.4, 0.5) is 10.8 Å². The van der Waals surface area contributed by atoms with Crippen molar-refractivity contribution >= 4 is 22.2 Å². The summed E-state index contributed by atoms with van der Waals surface area (Å²) < 4.78 is 0. The molecular formula is C11H15N5S. The normalized spacial score (nSPS) is 10.3. The van der Waals surface area contributed by atoms with Gasteiger partial charge < -0.3 is 4.90 Å². The van der Waals surface area contributed by atoms with Crippen LogP contribution in [0, 0.1) is 6.92 Å². The van der Waals surface area contributed by atoms with E-state index in [0.717, 1.165) is 11.6 Å². The SMILES string of the molecule is Cc1ccccc1N(C)Cc1nnc(NN)s1. The summed E-state index contributed by atoms with van der Waals surface area (Å²) in [6.45, 7) is 2.82. The number of nitrogen functional groups attached to an aromatic ring is 1. The zero-order chi connectivity index (χ0) is 12.3. The van der Waals surface area contributed by atoms with Crippen LogP contribution in [0.1, 0.15) is 10.6 Å². The molecule has 0 spiro atoms. The second kappa shape index (κ2) is 5.11. The van der Waals surface area contributed by atoms with Gasteiger partial charge in [-0.25, -0.2) is 5.84 Å². The number of para-hydroxylation sites is 1. The maximum Gasteiger partial charge on any atom is 0.219 e. The third kappa shape index (κ3) is 2.72. The van der Waals surface area contributed by atoms with Gasteiger partial charge in [-0.1, -0.05) is 29.5 Å². The fourth-order valence-electron chi connectivity index (χ4n) is 1.66. The number of nitrogens with zero attached hydrogens (tertiary/aromatic N) is 3. The van der Waals surface area contributed by atoms with Crippen molar-refractivity contribution in [2.45, 2.75) is 13.5 Å². The summed E-state index contributed by atoms with van der Waals surface area (Å²) >= 11 is 1.46. The van der Waals surface area contributed by atoms with Gasteiger partial charge in [0.2, 0.25) is 5.13 Å². The van der Waals surface area contributed by atoms with Crippen molar-refractivity contribution in [1.29, 1.82) is 0 Å². The highest BCUT2D eigenvalue weighted by Crippen LogP contribution is 2.22. The Bertz CT molecular complexity index is 496. The second-order valence-electron chi connectivity index (χ2n) is 3.79. The molecular weight excluding hydrogens is 234 g/mol. The van der Waals surface area contributed by atoms with E-state index in [1.165, 1.54) is 22.6 Å². The molecule has 0 saturated heterocycles. The van der Waals surface area contributed by atoms with Gasteiger partial charge >= 0.3 is 0 Å². The lowest BCUT2D eigenvalue weighted by Gasteiger charge is -2.19. The molecule has 0 atom stereocenters. The number of hydrogen-bond acceptors (Lipinski definition) is 6. The third-order valence-electron chi connectivity index (χ3n) is 2.49. The monoisotopic (exact) mass is 249 g/mol. The van der Waals surface area contributed by atoms with Crippen molar-refractivity contribution < 1.29 is 0 Å². The molecule has 0 saturated carbocycles. The molecule has 1 heterocycles. The van der Waals surface area contributed by atoms with E-state index in [1.54, 1.807) is 0 Å². The molecule has 0 aliphatic heterocycles. The quantitative estimate of drug-likeness (QED) is 0.638. The third-order valence-corrected chi connectivity index (χ3v) is 3.33. The van der Waals surface area contributed by atoms with Crippen molar-refractivity contribution in [2.75, 3.05) is 17.4 Å². The summed E-state index contributed by atoms with van der Waals surface area (Å²) in [4.78, 5) is 2.15. The molecule has 0 aliphatic rings. The average molecular weight is 249 g/mol. The maximum atomic E-state index is 5.27. The zero-order valence-corrected chi connectivity index (χ0v) is 10.7. The number of nitrogens with two attached hydrogens (primary N) is 1. The van der Waals surface area contributed by atoms with Gasteiger partial charge in [0, 0.05) is 12.7 Å². The highest BCUT2D eigenvalue weighted by Gasteiger charge is 2.08. The maximum absolute atomic E-state index is 5.27. The first-order chi connectivity index (χ1) is 8.20. The number of rotatable bonds is 4. The summed E-state index contributed by atoms with van der Waals surface area (Å²) in [5, 5.41) is 9.55. The lowest BCUT2D eigenvalue weighted by molar-refractivity contribution is 0.877. The van der Waals surface area contributed by atoms with Crippen LogP contribution in [-0.4, -0.2) is 17.2 Å². The van der Waals surface area contributed by atoms with Crippen LogP contribution in [0.25, 0.3) is 0 Å².